The molecule has 0 aliphatic rings. The van der Waals surface area contributed by atoms with E-state index in [1.54, 1.807) is 0 Å². The average molecular weight is 524 g/mol. The van der Waals surface area contributed by atoms with Gasteiger partial charge in [-0.25, -0.2) is 0 Å². The molecule has 0 aromatic heterocycles. The molecular weight excluding hydrogens is 482 g/mol. The third kappa shape index (κ3) is 7.61. The number of benzene rings is 6. The molecule has 1 heteroatoms. The SMILES string of the molecule is CCCc1ccc2ccccc2c1.Cc1ccc(-c2c(N(C)C)ccc3ccccc23)cc1.Cc1ccccc1. The van der Waals surface area contributed by atoms with Gasteiger partial charge >= 0.3 is 0 Å². The molecule has 1 nitrogen and oxygen atoms in total. The van der Waals surface area contributed by atoms with Crippen molar-refractivity contribution in [2.45, 2.75) is 33.6 Å². The zero-order chi connectivity index (χ0) is 28.3. The van der Waals surface area contributed by atoms with Crippen molar-refractivity contribution in [3.8, 4) is 11.1 Å². The summed E-state index contributed by atoms with van der Waals surface area (Å²) in [5, 5.41) is 5.28. The number of rotatable bonds is 4. The summed E-state index contributed by atoms with van der Waals surface area (Å²) < 4.78 is 0. The number of hydrogen-bond donors (Lipinski definition) is 0. The largest absolute Gasteiger partial charge is 0.377 e. The number of fused-ring (bicyclic) bond motifs is 2. The maximum atomic E-state index is 2.29. The predicted molar refractivity (Wildman–Crippen MR) is 178 cm³/mol. The molecule has 0 amide bonds. The maximum Gasteiger partial charge on any atom is 0.0447 e. The molecular formula is C39H41N. The molecule has 6 aromatic carbocycles. The van der Waals surface area contributed by atoms with Crippen molar-refractivity contribution in [2.24, 2.45) is 0 Å². The Hall–Kier alpha value is -4.36. The van der Waals surface area contributed by atoms with Gasteiger partial charge in [0.15, 0.2) is 0 Å². The van der Waals surface area contributed by atoms with E-state index in [1.807, 2.05) is 18.2 Å². The lowest BCUT2D eigenvalue weighted by Crippen LogP contribution is -2.10. The normalized spacial score (nSPS) is 10.3. The van der Waals surface area contributed by atoms with Gasteiger partial charge in [-0.05, 0) is 59.0 Å². The van der Waals surface area contributed by atoms with Crippen LogP contribution in [0.4, 0.5) is 5.69 Å². The lowest BCUT2D eigenvalue weighted by molar-refractivity contribution is 0.924. The first kappa shape index (κ1) is 28.6. The van der Waals surface area contributed by atoms with Crippen LogP contribution >= 0.6 is 0 Å². The van der Waals surface area contributed by atoms with Gasteiger partial charge in [-0.15, -0.1) is 0 Å². The van der Waals surface area contributed by atoms with E-state index >= 15 is 0 Å². The Morgan fingerprint density at radius 3 is 1.73 bits per heavy atom. The van der Waals surface area contributed by atoms with E-state index < -0.39 is 0 Å². The van der Waals surface area contributed by atoms with Crippen LogP contribution in [0.15, 0.2) is 133 Å². The Balaban J connectivity index is 0.000000157. The lowest BCUT2D eigenvalue weighted by atomic mass is 9.95. The van der Waals surface area contributed by atoms with Gasteiger partial charge in [0.25, 0.3) is 0 Å². The molecule has 0 atom stereocenters. The van der Waals surface area contributed by atoms with Crippen molar-refractivity contribution in [1.29, 1.82) is 0 Å². The van der Waals surface area contributed by atoms with Crippen LogP contribution in [0, 0.1) is 13.8 Å². The third-order valence-electron chi connectivity index (χ3n) is 7.02. The number of nitrogens with zero attached hydrogens (tertiary/aromatic N) is 1. The predicted octanol–water partition coefficient (Wildman–Crippen LogP) is 10.7. The highest BCUT2D eigenvalue weighted by atomic mass is 15.1. The van der Waals surface area contributed by atoms with E-state index in [1.165, 1.54) is 67.9 Å². The molecule has 0 saturated heterocycles. The Labute approximate surface area is 240 Å². The smallest absolute Gasteiger partial charge is 0.0447 e. The van der Waals surface area contributed by atoms with Crippen LogP contribution in [-0.2, 0) is 6.42 Å². The molecule has 0 unspecified atom stereocenters. The first-order valence-corrected chi connectivity index (χ1v) is 14.2. The molecule has 0 saturated carbocycles. The van der Waals surface area contributed by atoms with Gasteiger partial charge in [-0.3, -0.25) is 0 Å². The molecule has 6 aromatic rings. The molecule has 6 rings (SSSR count). The van der Waals surface area contributed by atoms with E-state index in [2.05, 4.69) is 155 Å². The quantitative estimate of drug-likeness (QED) is 0.222. The second-order valence-corrected chi connectivity index (χ2v) is 10.5. The monoisotopic (exact) mass is 523 g/mol. The van der Waals surface area contributed by atoms with E-state index in [-0.39, 0.29) is 0 Å². The fourth-order valence-corrected chi connectivity index (χ4v) is 4.87. The van der Waals surface area contributed by atoms with Crippen LogP contribution < -0.4 is 4.90 Å². The van der Waals surface area contributed by atoms with Crippen LogP contribution in [0.2, 0.25) is 0 Å². The molecule has 0 bridgehead atoms. The highest BCUT2D eigenvalue weighted by Gasteiger charge is 2.11. The van der Waals surface area contributed by atoms with Gasteiger partial charge in [0.05, 0.1) is 0 Å². The lowest BCUT2D eigenvalue weighted by Gasteiger charge is -2.20. The average Bonchev–Trinajstić information content (AvgIpc) is 2.98. The highest BCUT2D eigenvalue weighted by molar-refractivity contribution is 6.03. The molecule has 0 aliphatic carbocycles. The molecule has 0 fully saturated rings. The van der Waals surface area contributed by atoms with Gasteiger partial charge in [0.1, 0.15) is 0 Å². The Morgan fingerprint density at radius 2 is 1.10 bits per heavy atom. The molecule has 0 spiro atoms. The van der Waals surface area contributed by atoms with Crippen LogP contribution in [0.1, 0.15) is 30.0 Å². The molecule has 40 heavy (non-hydrogen) atoms. The van der Waals surface area contributed by atoms with Crippen molar-refractivity contribution in [3.63, 3.8) is 0 Å². The summed E-state index contributed by atoms with van der Waals surface area (Å²) in [6.45, 7) is 6.43. The van der Waals surface area contributed by atoms with Gasteiger partial charge in [-0.2, -0.15) is 0 Å². The standard InChI is InChI=1S/C19H19N.C13H14.C7H8/c1-14-8-10-16(11-9-14)19-17-7-5-4-6-15(17)12-13-18(19)20(2)3;1-2-5-11-8-9-12-6-3-4-7-13(12)10-11;1-7-5-3-2-4-6-7/h4-13H,1-3H3;3-4,6-10H,2,5H2,1H3;2-6H,1H3. The Morgan fingerprint density at radius 1 is 0.525 bits per heavy atom. The topological polar surface area (TPSA) is 3.24 Å². The Kier molecular flexibility index (Phi) is 10.1. The van der Waals surface area contributed by atoms with Gasteiger partial charge in [0, 0.05) is 25.3 Å². The second-order valence-electron chi connectivity index (χ2n) is 10.5. The van der Waals surface area contributed by atoms with Gasteiger partial charge in [0.2, 0.25) is 0 Å². The summed E-state index contributed by atoms with van der Waals surface area (Å²) in [6, 6.07) is 47.3. The number of anilines is 1. The van der Waals surface area contributed by atoms with Crippen LogP contribution in [0.3, 0.4) is 0 Å². The third-order valence-corrected chi connectivity index (χ3v) is 7.02. The minimum absolute atomic E-state index is 1.19. The first-order valence-electron chi connectivity index (χ1n) is 14.2. The number of aryl methyl sites for hydroxylation is 3. The van der Waals surface area contributed by atoms with Crippen LogP contribution in [0.25, 0.3) is 32.7 Å². The van der Waals surface area contributed by atoms with E-state index in [9.17, 15) is 0 Å². The van der Waals surface area contributed by atoms with E-state index in [0.29, 0.717) is 0 Å². The van der Waals surface area contributed by atoms with Crippen LogP contribution in [-0.4, -0.2) is 14.1 Å². The Bertz CT molecular complexity index is 1630. The fraction of sp³-hybridized carbons (Fsp3) is 0.179. The fourth-order valence-electron chi connectivity index (χ4n) is 4.87. The summed E-state index contributed by atoms with van der Waals surface area (Å²) in [5.41, 5.74) is 7.90. The van der Waals surface area contributed by atoms with Gasteiger partial charge in [-0.1, -0.05) is 152 Å². The molecule has 0 N–H and O–H groups in total. The summed E-state index contributed by atoms with van der Waals surface area (Å²) in [7, 11) is 4.20. The zero-order valence-electron chi connectivity index (χ0n) is 24.6. The van der Waals surface area contributed by atoms with Crippen molar-refractivity contribution in [3.05, 3.63) is 150 Å². The molecule has 202 valence electrons. The van der Waals surface area contributed by atoms with Crippen molar-refractivity contribution in [2.75, 3.05) is 19.0 Å². The van der Waals surface area contributed by atoms with Crippen molar-refractivity contribution < 1.29 is 0 Å². The minimum Gasteiger partial charge on any atom is -0.377 e. The minimum atomic E-state index is 1.19. The second kappa shape index (κ2) is 14.1. The first-order chi connectivity index (χ1) is 19.5. The van der Waals surface area contributed by atoms with E-state index in [4.69, 9.17) is 0 Å². The van der Waals surface area contributed by atoms with Crippen LogP contribution in [0.5, 0.6) is 0 Å². The molecule has 0 heterocycles. The maximum absolute atomic E-state index is 2.29. The summed E-state index contributed by atoms with van der Waals surface area (Å²) in [5.74, 6) is 0. The highest BCUT2D eigenvalue weighted by Crippen LogP contribution is 2.36. The summed E-state index contributed by atoms with van der Waals surface area (Å²) in [6.07, 6.45) is 2.41. The zero-order valence-corrected chi connectivity index (χ0v) is 24.6. The van der Waals surface area contributed by atoms with E-state index in [0.717, 1.165) is 0 Å². The van der Waals surface area contributed by atoms with Gasteiger partial charge < -0.3 is 4.90 Å². The molecule has 0 radical (unpaired) electrons. The summed E-state index contributed by atoms with van der Waals surface area (Å²) >= 11 is 0. The summed E-state index contributed by atoms with van der Waals surface area (Å²) in [4.78, 5) is 2.18. The molecule has 0 aliphatic heterocycles. The van der Waals surface area contributed by atoms with Crippen molar-refractivity contribution in [1.82, 2.24) is 0 Å². The van der Waals surface area contributed by atoms with Crippen molar-refractivity contribution >= 4 is 27.2 Å². The number of hydrogen-bond acceptors (Lipinski definition) is 1.